The molecule has 0 heterocycles. The Morgan fingerprint density at radius 2 is 1.74 bits per heavy atom. The molecule has 0 aromatic heterocycles. The minimum Gasteiger partial charge on any atom is -0.304 e. The molecule has 2 heteroatoms. The summed E-state index contributed by atoms with van der Waals surface area (Å²) in [7, 11) is 0. The van der Waals surface area contributed by atoms with Crippen molar-refractivity contribution in [3.05, 3.63) is 59.7 Å². The van der Waals surface area contributed by atoms with Gasteiger partial charge in [0.15, 0.2) is 5.78 Å². The molecule has 1 N–H and O–H groups in total. The summed E-state index contributed by atoms with van der Waals surface area (Å²) in [6.45, 7) is 2.83. The van der Waals surface area contributed by atoms with Gasteiger partial charge >= 0.3 is 0 Å². The number of ketones is 1. The Balaban J connectivity index is 2.23. The summed E-state index contributed by atoms with van der Waals surface area (Å²) in [4.78, 5) is 12.5. The number of rotatable bonds is 2. The molecule has 2 aromatic carbocycles. The molecule has 3 rings (SSSR count). The molecule has 1 aliphatic rings. The predicted octanol–water partition coefficient (Wildman–Crippen LogP) is 3.13. The number of carbonyl (C=O) groups excluding carboxylic acids is 1. The number of carbonyl (C=O) groups is 1. The van der Waals surface area contributed by atoms with Gasteiger partial charge in [0, 0.05) is 6.42 Å². The van der Waals surface area contributed by atoms with Gasteiger partial charge in [-0.2, -0.15) is 0 Å². The van der Waals surface area contributed by atoms with E-state index in [1.54, 1.807) is 0 Å². The van der Waals surface area contributed by atoms with Crippen molar-refractivity contribution in [1.29, 1.82) is 0 Å². The molecule has 0 saturated heterocycles. The molecular formula is C17H17NO. The first-order valence-corrected chi connectivity index (χ1v) is 6.74. The van der Waals surface area contributed by atoms with E-state index in [1.807, 2.05) is 31.2 Å². The van der Waals surface area contributed by atoms with Crippen molar-refractivity contribution in [2.24, 2.45) is 0 Å². The lowest BCUT2D eigenvalue weighted by Gasteiger charge is -2.17. The molecule has 1 aliphatic carbocycles. The van der Waals surface area contributed by atoms with Crippen molar-refractivity contribution in [1.82, 2.24) is 5.32 Å². The molecule has 1 atom stereocenters. The average Bonchev–Trinajstić information content (AvgIpc) is 2.56. The van der Waals surface area contributed by atoms with E-state index in [9.17, 15) is 4.79 Å². The van der Waals surface area contributed by atoms with Crippen molar-refractivity contribution in [2.75, 3.05) is 6.54 Å². The fourth-order valence-corrected chi connectivity index (χ4v) is 2.82. The second-order valence-corrected chi connectivity index (χ2v) is 4.88. The van der Waals surface area contributed by atoms with E-state index >= 15 is 0 Å². The quantitative estimate of drug-likeness (QED) is 0.888. The highest BCUT2D eigenvalue weighted by Gasteiger charge is 2.27. The monoisotopic (exact) mass is 251 g/mol. The molecule has 0 bridgehead atoms. The van der Waals surface area contributed by atoms with Gasteiger partial charge in [-0.05, 0) is 28.8 Å². The summed E-state index contributed by atoms with van der Waals surface area (Å²) in [6.07, 6.45) is 0.503. The second-order valence-electron chi connectivity index (χ2n) is 4.88. The molecular weight excluding hydrogens is 234 g/mol. The van der Waals surface area contributed by atoms with Crippen LogP contribution in [-0.2, 0) is 11.2 Å². The van der Waals surface area contributed by atoms with E-state index in [0.717, 1.165) is 17.7 Å². The van der Waals surface area contributed by atoms with E-state index in [-0.39, 0.29) is 11.8 Å². The summed E-state index contributed by atoms with van der Waals surface area (Å²) in [6, 6.07) is 16.2. The summed E-state index contributed by atoms with van der Waals surface area (Å²) < 4.78 is 0. The fourth-order valence-electron chi connectivity index (χ4n) is 2.82. The van der Waals surface area contributed by atoms with Gasteiger partial charge in [-0.25, -0.2) is 0 Å². The molecule has 19 heavy (non-hydrogen) atoms. The first kappa shape index (κ1) is 12.1. The van der Waals surface area contributed by atoms with Crippen molar-refractivity contribution in [3.8, 4) is 11.1 Å². The summed E-state index contributed by atoms with van der Waals surface area (Å²) in [5.41, 5.74) is 4.58. The van der Waals surface area contributed by atoms with Crippen molar-refractivity contribution in [3.63, 3.8) is 0 Å². The molecule has 96 valence electrons. The molecule has 0 spiro atoms. The van der Waals surface area contributed by atoms with Crippen LogP contribution < -0.4 is 5.32 Å². The molecule has 0 aliphatic heterocycles. The zero-order valence-corrected chi connectivity index (χ0v) is 11.0. The van der Waals surface area contributed by atoms with Crippen molar-refractivity contribution >= 4 is 5.78 Å². The largest absolute Gasteiger partial charge is 0.304 e. The minimum absolute atomic E-state index is 0.186. The Kier molecular flexibility index (Phi) is 3.18. The molecule has 0 saturated carbocycles. The van der Waals surface area contributed by atoms with Crippen LogP contribution in [0.25, 0.3) is 11.1 Å². The maximum absolute atomic E-state index is 12.5. The molecule has 1 unspecified atom stereocenters. The first-order chi connectivity index (χ1) is 9.31. The normalized spacial score (nSPS) is 17.5. The van der Waals surface area contributed by atoms with Crippen molar-refractivity contribution < 1.29 is 4.79 Å². The Bertz CT molecular complexity index is 618. The number of benzene rings is 2. The summed E-state index contributed by atoms with van der Waals surface area (Å²) >= 11 is 0. The third kappa shape index (κ3) is 2.08. The van der Waals surface area contributed by atoms with Gasteiger partial charge in [-0.3, -0.25) is 4.79 Å². The maximum atomic E-state index is 12.5. The van der Waals surface area contributed by atoms with Crippen LogP contribution in [0.1, 0.15) is 24.1 Å². The topological polar surface area (TPSA) is 29.1 Å². The number of fused-ring (bicyclic) bond motifs is 3. The number of hydrogen-bond donors (Lipinski definition) is 1. The van der Waals surface area contributed by atoms with Gasteiger partial charge in [0.2, 0.25) is 0 Å². The van der Waals surface area contributed by atoms with E-state index < -0.39 is 0 Å². The van der Waals surface area contributed by atoms with Gasteiger partial charge in [0.25, 0.3) is 0 Å². The lowest BCUT2D eigenvalue weighted by molar-refractivity contribution is -0.120. The smallest absolute Gasteiger partial charge is 0.158 e. The van der Waals surface area contributed by atoms with Gasteiger partial charge in [-0.15, -0.1) is 0 Å². The summed E-state index contributed by atoms with van der Waals surface area (Å²) in [5.74, 6) is 0.249. The van der Waals surface area contributed by atoms with E-state index in [0.29, 0.717) is 6.42 Å². The van der Waals surface area contributed by atoms with Gasteiger partial charge in [-0.1, -0.05) is 55.5 Å². The highest BCUT2D eigenvalue weighted by Crippen LogP contribution is 2.35. The number of likely N-dealkylation sites (N-methyl/N-ethyl adjacent to an activating group) is 1. The fraction of sp³-hybridized carbons (Fsp3) is 0.235. The van der Waals surface area contributed by atoms with Gasteiger partial charge < -0.3 is 5.32 Å². The summed E-state index contributed by atoms with van der Waals surface area (Å²) in [5, 5.41) is 3.32. The highest BCUT2D eigenvalue weighted by atomic mass is 16.1. The van der Waals surface area contributed by atoms with Gasteiger partial charge in [0.1, 0.15) is 0 Å². The number of nitrogens with one attached hydrogen (secondary N) is 1. The van der Waals surface area contributed by atoms with Crippen LogP contribution in [0.3, 0.4) is 0 Å². The molecule has 0 radical (unpaired) electrons. The standard InChI is InChI=1S/C17H17NO/c1-2-18-17-15-10-6-5-9-14(15)13-8-4-3-7-12(13)11-16(17)19/h3-10,17-18H,2,11H2,1H3. The van der Waals surface area contributed by atoms with E-state index in [4.69, 9.17) is 0 Å². The van der Waals surface area contributed by atoms with Crippen LogP contribution in [0.15, 0.2) is 48.5 Å². The van der Waals surface area contributed by atoms with Crippen LogP contribution in [0, 0.1) is 0 Å². The SMILES string of the molecule is CCNC1C(=O)Cc2ccccc2-c2ccccc21. The second kappa shape index (κ2) is 4.98. The Morgan fingerprint density at radius 3 is 2.53 bits per heavy atom. The highest BCUT2D eigenvalue weighted by molar-refractivity contribution is 5.93. The molecule has 0 amide bonds. The molecule has 2 nitrogen and oxygen atoms in total. The molecule has 0 fully saturated rings. The first-order valence-electron chi connectivity index (χ1n) is 6.74. The zero-order chi connectivity index (χ0) is 13.2. The maximum Gasteiger partial charge on any atom is 0.158 e. The van der Waals surface area contributed by atoms with Crippen LogP contribution in [0.2, 0.25) is 0 Å². The third-order valence-corrected chi connectivity index (χ3v) is 3.67. The Morgan fingerprint density at radius 1 is 1.05 bits per heavy atom. The zero-order valence-electron chi connectivity index (χ0n) is 11.0. The lowest BCUT2D eigenvalue weighted by Crippen LogP contribution is -2.29. The average molecular weight is 251 g/mol. The van der Waals surface area contributed by atoms with E-state index in [1.165, 1.54) is 11.1 Å². The van der Waals surface area contributed by atoms with Crippen molar-refractivity contribution in [2.45, 2.75) is 19.4 Å². The van der Waals surface area contributed by atoms with Crippen LogP contribution in [0.5, 0.6) is 0 Å². The van der Waals surface area contributed by atoms with Crippen LogP contribution in [0.4, 0.5) is 0 Å². The predicted molar refractivity (Wildman–Crippen MR) is 77.0 cm³/mol. The van der Waals surface area contributed by atoms with Crippen LogP contribution >= 0.6 is 0 Å². The third-order valence-electron chi connectivity index (χ3n) is 3.67. The Hall–Kier alpha value is -1.93. The van der Waals surface area contributed by atoms with E-state index in [2.05, 4.69) is 29.6 Å². The number of hydrogen-bond acceptors (Lipinski definition) is 2. The Labute approximate surface area is 113 Å². The van der Waals surface area contributed by atoms with Crippen LogP contribution in [-0.4, -0.2) is 12.3 Å². The lowest BCUT2D eigenvalue weighted by atomic mass is 9.95. The molecule has 2 aromatic rings. The minimum atomic E-state index is -0.186. The number of Topliss-reactive ketones (excluding diaryl/α,β-unsaturated/α-hetero) is 1. The van der Waals surface area contributed by atoms with Gasteiger partial charge in [0.05, 0.1) is 6.04 Å².